The third-order valence-corrected chi connectivity index (χ3v) is 2.60. The monoisotopic (exact) mass is 230 g/mol. The van der Waals surface area contributed by atoms with Crippen LogP contribution in [0.1, 0.15) is 27.2 Å². The van der Waals surface area contributed by atoms with Crippen LogP contribution >= 0.6 is 0 Å². The first kappa shape index (κ1) is 13.3. The topological polar surface area (TPSA) is 59.6 Å². The Morgan fingerprint density at radius 3 is 2.62 bits per heavy atom. The van der Waals surface area contributed by atoms with Gasteiger partial charge >= 0.3 is 6.09 Å². The molecule has 0 spiro atoms. The van der Waals surface area contributed by atoms with E-state index in [2.05, 4.69) is 10.6 Å². The summed E-state index contributed by atoms with van der Waals surface area (Å²) in [5, 5.41) is 5.97. The van der Waals surface area contributed by atoms with E-state index < -0.39 is 5.60 Å². The second-order valence-electron chi connectivity index (χ2n) is 5.19. The minimum Gasteiger partial charge on any atom is -0.444 e. The Morgan fingerprint density at radius 2 is 2.19 bits per heavy atom. The van der Waals surface area contributed by atoms with Gasteiger partial charge in [-0.25, -0.2) is 4.79 Å². The molecular formula is C11H22N2O3. The predicted molar refractivity (Wildman–Crippen MR) is 61.5 cm³/mol. The molecule has 1 heterocycles. The highest BCUT2D eigenvalue weighted by molar-refractivity contribution is 5.67. The van der Waals surface area contributed by atoms with Crippen LogP contribution in [0.5, 0.6) is 0 Å². The lowest BCUT2D eigenvalue weighted by Crippen LogP contribution is -2.53. The van der Waals surface area contributed by atoms with Crippen LogP contribution in [0, 0.1) is 0 Å². The maximum Gasteiger partial charge on any atom is 0.407 e. The van der Waals surface area contributed by atoms with Crippen molar-refractivity contribution in [3.63, 3.8) is 0 Å². The van der Waals surface area contributed by atoms with E-state index in [4.69, 9.17) is 9.47 Å². The summed E-state index contributed by atoms with van der Waals surface area (Å²) in [6.07, 6.45) is 0.522. The molecule has 1 unspecified atom stereocenters. The first-order valence-electron chi connectivity index (χ1n) is 5.60. The van der Waals surface area contributed by atoms with Crippen LogP contribution < -0.4 is 10.6 Å². The molecule has 2 N–H and O–H groups in total. The number of amides is 1. The molecule has 5 nitrogen and oxygen atoms in total. The lowest BCUT2D eigenvalue weighted by molar-refractivity contribution is 0.0507. The van der Waals surface area contributed by atoms with Gasteiger partial charge in [-0.15, -0.1) is 0 Å². The molecule has 0 aliphatic carbocycles. The van der Waals surface area contributed by atoms with E-state index in [1.165, 1.54) is 0 Å². The summed E-state index contributed by atoms with van der Waals surface area (Å²) in [5.41, 5.74) is -0.597. The Labute approximate surface area is 96.9 Å². The van der Waals surface area contributed by atoms with E-state index in [0.717, 1.165) is 13.0 Å². The van der Waals surface area contributed by atoms with Crippen LogP contribution in [-0.4, -0.2) is 44.0 Å². The van der Waals surface area contributed by atoms with E-state index in [1.54, 1.807) is 0 Å². The summed E-state index contributed by atoms with van der Waals surface area (Å²) >= 11 is 0. The lowest BCUT2D eigenvalue weighted by Gasteiger charge is -2.28. The number of hydrogen-bond donors (Lipinski definition) is 2. The zero-order chi connectivity index (χ0) is 12.2. The quantitative estimate of drug-likeness (QED) is 0.756. The zero-order valence-corrected chi connectivity index (χ0v) is 10.6. The smallest absolute Gasteiger partial charge is 0.407 e. The summed E-state index contributed by atoms with van der Waals surface area (Å²) in [4.78, 5) is 11.5. The van der Waals surface area contributed by atoms with Gasteiger partial charge in [0, 0.05) is 13.2 Å². The van der Waals surface area contributed by atoms with Crippen molar-refractivity contribution in [1.29, 1.82) is 0 Å². The van der Waals surface area contributed by atoms with Gasteiger partial charge in [0.2, 0.25) is 0 Å². The number of likely N-dealkylation sites (N-methyl/N-ethyl adjacent to an activating group) is 1. The summed E-state index contributed by atoms with van der Waals surface area (Å²) < 4.78 is 10.5. The number of hydrogen-bond acceptors (Lipinski definition) is 4. The third kappa shape index (κ3) is 3.98. The minimum atomic E-state index is -0.455. The molecule has 1 saturated heterocycles. The average molecular weight is 230 g/mol. The van der Waals surface area contributed by atoms with Crippen LogP contribution in [0.4, 0.5) is 4.79 Å². The van der Waals surface area contributed by atoms with E-state index in [9.17, 15) is 4.79 Å². The van der Waals surface area contributed by atoms with Gasteiger partial charge in [-0.2, -0.15) is 0 Å². The van der Waals surface area contributed by atoms with Crippen LogP contribution in [0.15, 0.2) is 0 Å². The van der Waals surface area contributed by atoms with Crippen LogP contribution in [0.2, 0.25) is 0 Å². The van der Waals surface area contributed by atoms with E-state index in [1.807, 2.05) is 27.8 Å². The lowest BCUT2D eigenvalue weighted by atomic mass is 9.99. The number of ether oxygens (including phenoxy) is 2. The fourth-order valence-corrected chi connectivity index (χ4v) is 1.59. The van der Waals surface area contributed by atoms with Gasteiger partial charge in [0.1, 0.15) is 5.60 Å². The Bertz CT molecular complexity index is 242. The second kappa shape index (κ2) is 5.01. The van der Waals surface area contributed by atoms with Gasteiger partial charge in [-0.1, -0.05) is 0 Å². The van der Waals surface area contributed by atoms with Crippen LogP contribution in [0.3, 0.4) is 0 Å². The largest absolute Gasteiger partial charge is 0.444 e. The van der Waals surface area contributed by atoms with Gasteiger partial charge in [0.05, 0.1) is 12.1 Å². The molecule has 1 aliphatic rings. The Balaban J connectivity index is 2.35. The van der Waals surface area contributed by atoms with Crippen LogP contribution in [-0.2, 0) is 9.47 Å². The van der Waals surface area contributed by atoms with Crippen molar-refractivity contribution >= 4 is 6.09 Å². The molecular weight excluding hydrogens is 208 g/mol. The SMILES string of the molecule is CNC1(CNC(=O)OC(C)(C)C)CCOC1. The van der Waals surface area contributed by atoms with Crippen molar-refractivity contribution < 1.29 is 14.3 Å². The summed E-state index contributed by atoms with van der Waals surface area (Å²) in [6, 6.07) is 0. The van der Waals surface area contributed by atoms with Gasteiger partial charge in [-0.05, 0) is 34.2 Å². The molecule has 1 aliphatic heterocycles. The molecule has 16 heavy (non-hydrogen) atoms. The molecule has 0 aromatic heterocycles. The van der Waals surface area contributed by atoms with Gasteiger partial charge in [0.25, 0.3) is 0 Å². The van der Waals surface area contributed by atoms with Crippen molar-refractivity contribution in [3.8, 4) is 0 Å². The van der Waals surface area contributed by atoms with E-state index in [0.29, 0.717) is 13.2 Å². The van der Waals surface area contributed by atoms with Crippen molar-refractivity contribution in [2.75, 3.05) is 26.8 Å². The highest BCUT2D eigenvalue weighted by Gasteiger charge is 2.33. The maximum absolute atomic E-state index is 11.5. The third-order valence-electron chi connectivity index (χ3n) is 2.60. The number of carbonyl (C=O) groups is 1. The molecule has 1 rings (SSSR count). The highest BCUT2D eigenvalue weighted by Crippen LogP contribution is 2.17. The fraction of sp³-hybridized carbons (Fsp3) is 0.909. The fourth-order valence-electron chi connectivity index (χ4n) is 1.59. The molecule has 0 saturated carbocycles. The number of alkyl carbamates (subject to hydrolysis) is 1. The van der Waals surface area contributed by atoms with Crippen molar-refractivity contribution in [2.45, 2.75) is 38.3 Å². The molecule has 0 bridgehead atoms. The standard InChI is InChI=1S/C11H22N2O3/c1-10(2,3)16-9(14)13-7-11(12-4)5-6-15-8-11/h12H,5-8H2,1-4H3,(H,13,14). The normalized spacial score (nSPS) is 25.5. The number of nitrogens with one attached hydrogen (secondary N) is 2. The first-order valence-corrected chi connectivity index (χ1v) is 5.60. The Morgan fingerprint density at radius 1 is 1.50 bits per heavy atom. The first-order chi connectivity index (χ1) is 7.37. The molecule has 94 valence electrons. The molecule has 0 aromatic rings. The maximum atomic E-state index is 11.5. The summed E-state index contributed by atoms with van der Waals surface area (Å²) in [6.45, 7) is 7.42. The Kier molecular flexibility index (Phi) is 4.15. The summed E-state index contributed by atoms with van der Waals surface area (Å²) in [5.74, 6) is 0. The molecule has 1 atom stereocenters. The van der Waals surface area contributed by atoms with Crippen molar-refractivity contribution in [2.24, 2.45) is 0 Å². The number of rotatable bonds is 3. The predicted octanol–water partition coefficient (Wildman–Crippen LogP) is 0.890. The molecule has 1 amide bonds. The molecule has 0 radical (unpaired) electrons. The zero-order valence-electron chi connectivity index (χ0n) is 10.6. The average Bonchev–Trinajstić information content (AvgIpc) is 2.61. The van der Waals surface area contributed by atoms with Gasteiger partial charge in [0.15, 0.2) is 0 Å². The summed E-state index contributed by atoms with van der Waals surface area (Å²) in [7, 11) is 1.88. The van der Waals surface area contributed by atoms with Crippen molar-refractivity contribution in [1.82, 2.24) is 10.6 Å². The van der Waals surface area contributed by atoms with Gasteiger partial charge < -0.3 is 20.1 Å². The van der Waals surface area contributed by atoms with Crippen molar-refractivity contribution in [3.05, 3.63) is 0 Å². The molecule has 1 fully saturated rings. The molecule has 5 heteroatoms. The van der Waals surface area contributed by atoms with E-state index in [-0.39, 0.29) is 11.6 Å². The second-order valence-corrected chi connectivity index (χ2v) is 5.19. The Hall–Kier alpha value is -0.810. The van der Waals surface area contributed by atoms with Gasteiger partial charge in [-0.3, -0.25) is 0 Å². The molecule has 0 aromatic carbocycles. The highest BCUT2D eigenvalue weighted by atomic mass is 16.6. The minimum absolute atomic E-state index is 0.142. The van der Waals surface area contributed by atoms with E-state index >= 15 is 0 Å². The number of carbonyl (C=O) groups excluding carboxylic acids is 1. The van der Waals surface area contributed by atoms with Crippen LogP contribution in [0.25, 0.3) is 0 Å².